The maximum absolute atomic E-state index is 13.3. The molecule has 0 saturated carbocycles. The third kappa shape index (κ3) is 6.26. The van der Waals surface area contributed by atoms with E-state index >= 15 is 0 Å². The molecule has 0 aliphatic heterocycles. The lowest BCUT2D eigenvalue weighted by Gasteiger charge is -2.28. The van der Waals surface area contributed by atoms with Crippen LogP contribution in [0.25, 0.3) is 21.8 Å². The van der Waals surface area contributed by atoms with E-state index in [-0.39, 0.29) is 24.3 Å². The zero-order valence-electron chi connectivity index (χ0n) is 22.2. The number of carbonyl (C=O) groups is 2. The number of para-hydroxylation sites is 2. The normalized spacial score (nSPS) is 11.8. The van der Waals surface area contributed by atoms with Crippen LogP contribution in [0.2, 0.25) is 0 Å². The number of ether oxygens (including phenoxy) is 1. The summed E-state index contributed by atoms with van der Waals surface area (Å²) in [6.45, 7) is 2.31. The van der Waals surface area contributed by atoms with Gasteiger partial charge in [0.15, 0.2) is 0 Å². The summed E-state index contributed by atoms with van der Waals surface area (Å²) in [6, 6.07) is 25.2. The van der Waals surface area contributed by atoms with E-state index in [9.17, 15) is 9.59 Å². The summed E-state index contributed by atoms with van der Waals surface area (Å²) >= 11 is 0. The van der Waals surface area contributed by atoms with E-state index in [1.165, 1.54) is 0 Å². The Labute approximate surface area is 227 Å². The first kappa shape index (κ1) is 26.0. The van der Waals surface area contributed by atoms with Crippen LogP contribution in [-0.2, 0) is 29.0 Å². The van der Waals surface area contributed by atoms with Crippen molar-refractivity contribution in [3.8, 4) is 5.75 Å². The van der Waals surface area contributed by atoms with Gasteiger partial charge >= 0.3 is 0 Å². The van der Waals surface area contributed by atoms with E-state index in [0.717, 1.165) is 44.2 Å². The summed E-state index contributed by atoms with van der Waals surface area (Å²) in [6.07, 6.45) is 4.56. The molecule has 5 rings (SSSR count). The highest BCUT2D eigenvalue weighted by molar-refractivity contribution is 5.85. The molecule has 7 heteroatoms. The molecule has 1 atom stereocenters. The van der Waals surface area contributed by atoms with Crippen molar-refractivity contribution < 1.29 is 14.3 Å². The summed E-state index contributed by atoms with van der Waals surface area (Å²) in [7, 11) is 1.62. The van der Waals surface area contributed by atoms with Crippen molar-refractivity contribution in [2.75, 3.05) is 13.7 Å². The molecule has 0 bridgehead atoms. The van der Waals surface area contributed by atoms with Crippen LogP contribution in [0.3, 0.4) is 0 Å². The summed E-state index contributed by atoms with van der Waals surface area (Å²) in [5.74, 6) is 0.566. The van der Waals surface area contributed by atoms with E-state index in [0.29, 0.717) is 19.5 Å². The van der Waals surface area contributed by atoms with Crippen molar-refractivity contribution >= 4 is 33.6 Å². The molecular formula is C32H32N4O3. The van der Waals surface area contributed by atoms with Crippen molar-refractivity contribution in [2.45, 2.75) is 32.4 Å². The first-order valence-electron chi connectivity index (χ1n) is 13.1. The first-order chi connectivity index (χ1) is 19.0. The Balaban J connectivity index is 1.38. The predicted molar refractivity (Wildman–Crippen MR) is 153 cm³/mol. The van der Waals surface area contributed by atoms with Crippen molar-refractivity contribution in [3.63, 3.8) is 0 Å². The van der Waals surface area contributed by atoms with Crippen molar-refractivity contribution in [3.05, 3.63) is 108 Å². The van der Waals surface area contributed by atoms with Gasteiger partial charge in [0.05, 0.1) is 25.1 Å². The maximum atomic E-state index is 13.3. The SMILES string of the molecule is COc1ccccc1CN(CC(Cc1c[nH]c2ccccc12)NC(=O)Cc1ccc2ncccc2c1)C(C)=O. The lowest BCUT2D eigenvalue weighted by Crippen LogP contribution is -2.46. The number of hydrogen-bond donors (Lipinski definition) is 2. The number of benzene rings is 3. The number of aromatic amines is 1. The number of carbonyl (C=O) groups excluding carboxylic acids is 2. The molecule has 39 heavy (non-hydrogen) atoms. The molecule has 7 nitrogen and oxygen atoms in total. The van der Waals surface area contributed by atoms with E-state index in [2.05, 4.69) is 21.4 Å². The minimum atomic E-state index is -0.294. The van der Waals surface area contributed by atoms with Gasteiger partial charge in [0.1, 0.15) is 5.75 Å². The number of H-pyrrole nitrogens is 1. The topological polar surface area (TPSA) is 87.3 Å². The molecule has 198 valence electrons. The highest BCUT2D eigenvalue weighted by Crippen LogP contribution is 2.22. The monoisotopic (exact) mass is 520 g/mol. The fourth-order valence-corrected chi connectivity index (χ4v) is 5.04. The Bertz CT molecular complexity index is 1610. The fourth-order valence-electron chi connectivity index (χ4n) is 5.04. The zero-order valence-corrected chi connectivity index (χ0v) is 22.2. The van der Waals surface area contributed by atoms with Crippen LogP contribution in [0.5, 0.6) is 5.75 Å². The number of hydrogen-bond acceptors (Lipinski definition) is 4. The number of aromatic nitrogens is 2. The van der Waals surface area contributed by atoms with E-state index in [1.54, 1.807) is 25.1 Å². The summed E-state index contributed by atoms with van der Waals surface area (Å²) in [5.41, 5.74) is 4.86. The lowest BCUT2D eigenvalue weighted by atomic mass is 10.0. The van der Waals surface area contributed by atoms with Crippen molar-refractivity contribution in [1.82, 2.24) is 20.2 Å². The van der Waals surface area contributed by atoms with Gasteiger partial charge in [0, 0.05) is 54.3 Å². The van der Waals surface area contributed by atoms with Gasteiger partial charge in [0.2, 0.25) is 11.8 Å². The number of nitrogens with one attached hydrogen (secondary N) is 2. The second-order valence-corrected chi connectivity index (χ2v) is 9.75. The van der Waals surface area contributed by atoms with E-state index in [1.807, 2.05) is 79.0 Å². The Kier molecular flexibility index (Phi) is 7.87. The number of rotatable bonds is 10. The van der Waals surface area contributed by atoms with Gasteiger partial charge in [-0.3, -0.25) is 14.6 Å². The minimum Gasteiger partial charge on any atom is -0.496 e. The molecule has 0 radical (unpaired) electrons. The highest BCUT2D eigenvalue weighted by atomic mass is 16.5. The number of methoxy groups -OCH3 is 1. The average molecular weight is 521 g/mol. The summed E-state index contributed by atoms with van der Waals surface area (Å²) in [5, 5.41) is 5.33. The van der Waals surface area contributed by atoms with Crippen LogP contribution in [0.4, 0.5) is 0 Å². The molecule has 0 aliphatic rings. The van der Waals surface area contributed by atoms with Crippen molar-refractivity contribution in [2.24, 2.45) is 0 Å². The molecule has 2 aromatic heterocycles. The Hall–Kier alpha value is -4.65. The van der Waals surface area contributed by atoms with Gasteiger partial charge in [-0.1, -0.05) is 48.5 Å². The zero-order chi connectivity index (χ0) is 27.2. The third-order valence-electron chi connectivity index (χ3n) is 6.98. The van der Waals surface area contributed by atoms with E-state index < -0.39 is 0 Å². The van der Waals surface area contributed by atoms with Crippen LogP contribution >= 0.6 is 0 Å². The molecule has 2 amide bonds. The number of amides is 2. The molecule has 0 fully saturated rings. The third-order valence-corrected chi connectivity index (χ3v) is 6.98. The molecule has 2 N–H and O–H groups in total. The van der Waals surface area contributed by atoms with Crippen molar-refractivity contribution in [1.29, 1.82) is 0 Å². The highest BCUT2D eigenvalue weighted by Gasteiger charge is 2.22. The van der Waals surface area contributed by atoms with Crippen LogP contribution in [0, 0.1) is 0 Å². The first-order valence-corrected chi connectivity index (χ1v) is 13.1. The Morgan fingerprint density at radius 3 is 2.67 bits per heavy atom. The average Bonchev–Trinajstić information content (AvgIpc) is 3.35. The van der Waals surface area contributed by atoms with Gasteiger partial charge in [0.25, 0.3) is 0 Å². The number of fused-ring (bicyclic) bond motifs is 2. The molecule has 1 unspecified atom stereocenters. The summed E-state index contributed by atoms with van der Waals surface area (Å²) in [4.78, 5) is 35.5. The van der Waals surface area contributed by atoms with E-state index in [4.69, 9.17) is 4.74 Å². The quantitative estimate of drug-likeness (QED) is 0.270. The lowest BCUT2D eigenvalue weighted by molar-refractivity contribution is -0.130. The maximum Gasteiger partial charge on any atom is 0.224 e. The number of pyridine rings is 1. The van der Waals surface area contributed by atoms with Gasteiger partial charge < -0.3 is 19.9 Å². The largest absolute Gasteiger partial charge is 0.496 e. The molecular weight excluding hydrogens is 488 g/mol. The smallest absolute Gasteiger partial charge is 0.224 e. The Morgan fingerprint density at radius 1 is 1.00 bits per heavy atom. The molecule has 0 spiro atoms. The molecule has 3 aromatic carbocycles. The standard InChI is InChI=1S/C32H32N4O3/c1-22(37)36(20-25-8-3-6-12-31(25)39-2)21-27(18-26-19-34-30-11-5-4-10-28(26)30)35-32(38)17-23-13-14-29-24(16-23)9-7-15-33-29/h3-16,19,27,34H,17-18,20-21H2,1-2H3,(H,35,38). The van der Waals surface area contributed by atoms with Gasteiger partial charge in [-0.2, -0.15) is 0 Å². The summed E-state index contributed by atoms with van der Waals surface area (Å²) < 4.78 is 5.51. The van der Waals surface area contributed by atoms with Gasteiger partial charge in [-0.25, -0.2) is 0 Å². The number of nitrogens with zero attached hydrogens (tertiary/aromatic N) is 2. The second kappa shape index (κ2) is 11.8. The second-order valence-electron chi connectivity index (χ2n) is 9.75. The van der Waals surface area contributed by atoms with Crippen LogP contribution in [0.1, 0.15) is 23.6 Å². The Morgan fingerprint density at radius 2 is 1.82 bits per heavy atom. The van der Waals surface area contributed by atoms with Gasteiger partial charge in [-0.05, 0) is 47.9 Å². The van der Waals surface area contributed by atoms with Crippen LogP contribution in [0.15, 0.2) is 91.3 Å². The minimum absolute atomic E-state index is 0.0684. The molecule has 5 aromatic rings. The van der Waals surface area contributed by atoms with Gasteiger partial charge in [-0.15, -0.1) is 0 Å². The van der Waals surface area contributed by atoms with Crippen LogP contribution in [-0.4, -0.2) is 46.4 Å². The molecule has 0 saturated heterocycles. The molecule has 2 heterocycles. The molecule has 0 aliphatic carbocycles. The predicted octanol–water partition coefficient (Wildman–Crippen LogP) is 5.04. The van der Waals surface area contributed by atoms with Crippen LogP contribution < -0.4 is 10.1 Å². The fraction of sp³-hybridized carbons (Fsp3) is 0.219.